The summed E-state index contributed by atoms with van der Waals surface area (Å²) in [6.07, 6.45) is 9.86. The van der Waals surface area contributed by atoms with Crippen LogP contribution in [0.4, 0.5) is 0 Å². The molecule has 1 heterocycles. The molecule has 0 radical (unpaired) electrons. The van der Waals surface area contributed by atoms with Gasteiger partial charge in [-0.25, -0.2) is 10.9 Å². The monoisotopic (exact) mass is 511 g/mol. The number of benzene rings is 2. The van der Waals surface area contributed by atoms with Crippen LogP contribution in [0.5, 0.6) is 11.5 Å². The third kappa shape index (κ3) is 7.47. The number of pyridine rings is 1. The van der Waals surface area contributed by atoms with E-state index in [-0.39, 0.29) is 11.1 Å². The molecule has 9 nitrogen and oxygen atoms in total. The Balaban J connectivity index is 1.62. The smallest absolute Gasteiger partial charge is 0.273 e. The number of hydrogen-bond acceptors (Lipinski definition) is 7. The number of carbonyl (C=O) groups is 2. The van der Waals surface area contributed by atoms with E-state index in [0.717, 1.165) is 22.6 Å². The summed E-state index contributed by atoms with van der Waals surface area (Å²) in [6.45, 7) is 3.38. The maximum Gasteiger partial charge on any atom is 0.273 e. The van der Waals surface area contributed by atoms with Crippen LogP contribution in [0.15, 0.2) is 77.0 Å². The van der Waals surface area contributed by atoms with Gasteiger partial charge in [-0.1, -0.05) is 36.4 Å². The predicted molar refractivity (Wildman–Crippen MR) is 150 cm³/mol. The number of rotatable bonds is 10. The van der Waals surface area contributed by atoms with Gasteiger partial charge in [0.15, 0.2) is 0 Å². The second-order valence-corrected chi connectivity index (χ2v) is 7.89. The van der Waals surface area contributed by atoms with Crippen LogP contribution in [-0.2, 0) is 0 Å². The van der Waals surface area contributed by atoms with E-state index in [0.29, 0.717) is 11.4 Å². The van der Waals surface area contributed by atoms with Crippen LogP contribution in [0, 0.1) is 13.8 Å². The van der Waals surface area contributed by atoms with Crippen LogP contribution in [0.3, 0.4) is 0 Å². The highest BCUT2D eigenvalue weighted by Gasteiger charge is 2.17. The number of nitrogens with one attached hydrogen (secondary N) is 2. The SMILES string of the molecule is COc1ccccc1/C=C/C=N/NC(=O)c1cc(C(=O)N/N=C/C=C/c2ccccc2OC)c(C)nc1C. The van der Waals surface area contributed by atoms with Gasteiger partial charge < -0.3 is 9.47 Å². The minimum Gasteiger partial charge on any atom is -0.496 e. The average molecular weight is 512 g/mol. The van der Waals surface area contributed by atoms with Crippen molar-refractivity contribution in [2.45, 2.75) is 13.8 Å². The molecule has 0 aliphatic heterocycles. The van der Waals surface area contributed by atoms with Gasteiger partial charge in [0.05, 0.1) is 36.7 Å². The molecule has 3 rings (SSSR count). The molecule has 2 aromatic carbocycles. The molecular formula is C29H29N5O4. The Morgan fingerprint density at radius 2 is 1.16 bits per heavy atom. The molecule has 0 fully saturated rings. The van der Waals surface area contributed by atoms with E-state index in [1.54, 1.807) is 40.2 Å². The van der Waals surface area contributed by atoms with Crippen molar-refractivity contribution in [3.8, 4) is 11.5 Å². The number of aromatic nitrogens is 1. The molecule has 2 amide bonds. The molecule has 0 spiro atoms. The van der Waals surface area contributed by atoms with Gasteiger partial charge in [-0.2, -0.15) is 10.2 Å². The highest BCUT2D eigenvalue weighted by atomic mass is 16.5. The lowest BCUT2D eigenvalue weighted by Crippen LogP contribution is -2.23. The molecule has 1 aromatic heterocycles. The van der Waals surface area contributed by atoms with Crippen molar-refractivity contribution in [1.29, 1.82) is 0 Å². The third-order valence-electron chi connectivity index (χ3n) is 5.38. The number of allylic oxidation sites excluding steroid dienone is 2. The van der Waals surface area contributed by atoms with E-state index in [4.69, 9.17) is 9.47 Å². The molecule has 0 bridgehead atoms. The van der Waals surface area contributed by atoms with Gasteiger partial charge in [0.2, 0.25) is 0 Å². The summed E-state index contributed by atoms with van der Waals surface area (Å²) in [6, 6.07) is 16.5. The predicted octanol–water partition coefficient (Wildman–Crippen LogP) is 4.57. The number of para-hydroxylation sites is 2. The Labute approximate surface area is 221 Å². The summed E-state index contributed by atoms with van der Waals surface area (Å²) in [5.41, 5.74) is 8.06. The maximum absolute atomic E-state index is 12.7. The van der Waals surface area contributed by atoms with Crippen molar-refractivity contribution in [3.05, 3.63) is 100 Å². The fourth-order valence-corrected chi connectivity index (χ4v) is 3.48. The van der Waals surface area contributed by atoms with Crippen LogP contribution < -0.4 is 20.3 Å². The zero-order chi connectivity index (χ0) is 27.3. The van der Waals surface area contributed by atoms with Crippen molar-refractivity contribution < 1.29 is 19.1 Å². The summed E-state index contributed by atoms with van der Waals surface area (Å²) < 4.78 is 10.6. The maximum atomic E-state index is 12.7. The molecule has 0 aliphatic carbocycles. The first-order valence-electron chi connectivity index (χ1n) is 11.7. The summed E-state index contributed by atoms with van der Waals surface area (Å²) in [5, 5.41) is 7.89. The zero-order valence-electron chi connectivity index (χ0n) is 21.6. The lowest BCUT2D eigenvalue weighted by molar-refractivity contribution is 0.0954. The molecule has 3 aromatic rings. The van der Waals surface area contributed by atoms with Crippen molar-refractivity contribution in [3.63, 3.8) is 0 Å². The summed E-state index contributed by atoms with van der Waals surface area (Å²) in [4.78, 5) is 29.7. The summed E-state index contributed by atoms with van der Waals surface area (Å²) in [7, 11) is 3.20. The second kappa shape index (κ2) is 13.9. The molecule has 0 unspecified atom stereocenters. The fourth-order valence-electron chi connectivity index (χ4n) is 3.48. The van der Waals surface area contributed by atoms with Crippen molar-refractivity contribution >= 4 is 36.4 Å². The van der Waals surface area contributed by atoms with Crippen LogP contribution in [-0.4, -0.2) is 43.4 Å². The Hall–Kier alpha value is -5.05. The van der Waals surface area contributed by atoms with Crippen LogP contribution in [0.25, 0.3) is 12.2 Å². The first-order chi connectivity index (χ1) is 18.4. The molecular weight excluding hydrogens is 482 g/mol. The van der Waals surface area contributed by atoms with E-state index in [1.807, 2.05) is 60.7 Å². The number of aryl methyl sites for hydroxylation is 2. The largest absolute Gasteiger partial charge is 0.496 e. The van der Waals surface area contributed by atoms with Gasteiger partial charge in [0.25, 0.3) is 11.8 Å². The first kappa shape index (κ1) is 27.5. The van der Waals surface area contributed by atoms with Crippen LogP contribution in [0.1, 0.15) is 43.2 Å². The van der Waals surface area contributed by atoms with E-state index >= 15 is 0 Å². The Morgan fingerprint density at radius 1 is 0.737 bits per heavy atom. The molecule has 0 saturated carbocycles. The van der Waals surface area contributed by atoms with Crippen molar-refractivity contribution in [2.75, 3.05) is 14.2 Å². The minimum atomic E-state index is -0.491. The quantitative estimate of drug-likeness (QED) is 0.306. The van der Waals surface area contributed by atoms with Crippen molar-refractivity contribution in [1.82, 2.24) is 15.8 Å². The van der Waals surface area contributed by atoms with E-state index < -0.39 is 11.8 Å². The Morgan fingerprint density at radius 3 is 1.58 bits per heavy atom. The molecule has 0 aliphatic rings. The van der Waals surface area contributed by atoms with Gasteiger partial charge in [0.1, 0.15) is 11.5 Å². The van der Waals surface area contributed by atoms with Gasteiger partial charge >= 0.3 is 0 Å². The first-order valence-corrected chi connectivity index (χ1v) is 11.7. The number of carbonyl (C=O) groups excluding carboxylic acids is 2. The van der Waals surface area contributed by atoms with E-state index in [1.165, 1.54) is 18.5 Å². The molecule has 194 valence electrons. The highest BCUT2D eigenvalue weighted by Crippen LogP contribution is 2.19. The zero-order valence-corrected chi connectivity index (χ0v) is 21.6. The molecule has 38 heavy (non-hydrogen) atoms. The molecule has 0 atom stereocenters. The number of amides is 2. The lowest BCUT2D eigenvalue weighted by Gasteiger charge is -2.09. The summed E-state index contributed by atoms with van der Waals surface area (Å²) >= 11 is 0. The van der Waals surface area contributed by atoms with Crippen LogP contribution >= 0.6 is 0 Å². The highest BCUT2D eigenvalue weighted by molar-refractivity contribution is 6.01. The van der Waals surface area contributed by atoms with Crippen LogP contribution in [0.2, 0.25) is 0 Å². The number of methoxy groups -OCH3 is 2. The average Bonchev–Trinajstić information content (AvgIpc) is 2.92. The molecule has 2 N–H and O–H groups in total. The molecule has 9 heteroatoms. The lowest BCUT2D eigenvalue weighted by atomic mass is 10.1. The normalized spacial score (nSPS) is 11.5. The van der Waals surface area contributed by atoms with Gasteiger partial charge in [0, 0.05) is 23.6 Å². The van der Waals surface area contributed by atoms with E-state index in [2.05, 4.69) is 26.0 Å². The number of hydrogen-bond donors (Lipinski definition) is 2. The van der Waals surface area contributed by atoms with Crippen molar-refractivity contribution in [2.24, 2.45) is 10.2 Å². The van der Waals surface area contributed by atoms with Gasteiger partial charge in [-0.05, 0) is 56.4 Å². The topological polar surface area (TPSA) is 114 Å². The van der Waals surface area contributed by atoms with Gasteiger partial charge in [-0.3, -0.25) is 14.6 Å². The molecule has 0 saturated heterocycles. The Bertz CT molecular complexity index is 1310. The summed E-state index contributed by atoms with van der Waals surface area (Å²) in [5.74, 6) is 0.471. The van der Waals surface area contributed by atoms with E-state index in [9.17, 15) is 9.59 Å². The standard InChI is InChI=1S/C29H29N5O4/c1-20-24(28(35)33-30-17-9-13-22-11-5-7-15-26(22)37-3)19-25(21(2)32-20)29(36)34-31-18-10-14-23-12-6-8-16-27(23)38-4/h5-19H,1-4H3,(H,33,35)(H,34,36)/b13-9+,14-10+,30-17+,31-18+. The van der Waals surface area contributed by atoms with Gasteiger partial charge in [-0.15, -0.1) is 0 Å². The fraction of sp³-hybridized carbons (Fsp3) is 0.138. The Kier molecular flexibility index (Phi) is 10.1. The number of ether oxygens (including phenoxy) is 2. The second-order valence-electron chi connectivity index (χ2n) is 7.89. The minimum absolute atomic E-state index is 0.228. The number of nitrogens with zero attached hydrogens (tertiary/aromatic N) is 3. The third-order valence-corrected chi connectivity index (χ3v) is 5.38. The number of hydrazone groups is 2.